The largest absolute Gasteiger partial charge is 0.352 e. The summed E-state index contributed by atoms with van der Waals surface area (Å²) in [5.41, 5.74) is 3.56. The molecule has 1 fully saturated rings. The molecule has 1 aliphatic heterocycles. The highest BCUT2D eigenvalue weighted by Gasteiger charge is 2.23. The minimum Gasteiger partial charge on any atom is -0.352 e. The number of carbonyl (C=O) groups is 1. The minimum atomic E-state index is -2.47. The fourth-order valence-electron chi connectivity index (χ4n) is 3.89. The monoisotopic (exact) mass is 373 g/mol. The van der Waals surface area contributed by atoms with E-state index in [-0.39, 0.29) is 11.7 Å². The summed E-state index contributed by atoms with van der Waals surface area (Å²) in [6.07, 6.45) is 4.27. The number of alkyl halides is 2. The summed E-state index contributed by atoms with van der Waals surface area (Å²) in [6, 6.07) is 12.1. The Morgan fingerprint density at radius 1 is 1.22 bits per heavy atom. The molecule has 0 saturated carbocycles. The Kier molecular flexibility index (Phi) is 6.50. The first kappa shape index (κ1) is 19.4. The van der Waals surface area contributed by atoms with E-state index in [4.69, 9.17) is 0 Å². The smallest absolute Gasteiger partial charge is 0.280 e. The molecule has 2 atom stereocenters. The Morgan fingerprint density at radius 3 is 2.67 bits per heavy atom. The van der Waals surface area contributed by atoms with Gasteiger partial charge < -0.3 is 5.32 Å². The lowest BCUT2D eigenvalue weighted by molar-refractivity contribution is -0.110. The zero-order valence-electron chi connectivity index (χ0n) is 15.4. The fraction of sp³-hybridized carbons (Fsp3) is 0.429. The molecule has 2 aromatic rings. The first-order valence-corrected chi connectivity index (χ1v) is 9.32. The SMILES string of the molecule is CN1CCCC1c1ccc(C(F)F)nc1.O=CNC1CCc2ccccc21. The topological polar surface area (TPSA) is 45.2 Å². The van der Waals surface area contributed by atoms with Crippen LogP contribution < -0.4 is 5.32 Å². The third-order valence-electron chi connectivity index (χ3n) is 5.34. The van der Waals surface area contributed by atoms with Crippen molar-refractivity contribution in [2.45, 2.75) is 44.2 Å². The standard InChI is InChI=1S/C11H14F2N2.C10H11NO/c1-15-6-2-3-10(15)8-4-5-9(11(12)13)14-7-8;12-7-11-10-6-5-8-3-1-2-4-9(8)10/h4-5,7,10-11H,2-3,6H2,1H3;1-4,7,10H,5-6H2,(H,11,12). The summed E-state index contributed by atoms with van der Waals surface area (Å²) in [6.45, 7) is 1.07. The zero-order valence-corrected chi connectivity index (χ0v) is 15.4. The number of likely N-dealkylation sites (tertiary alicyclic amines) is 1. The van der Waals surface area contributed by atoms with Gasteiger partial charge in [0.25, 0.3) is 6.43 Å². The van der Waals surface area contributed by atoms with Crippen molar-refractivity contribution >= 4 is 6.41 Å². The van der Waals surface area contributed by atoms with Gasteiger partial charge in [0.2, 0.25) is 6.41 Å². The average Bonchev–Trinajstić information content (AvgIpc) is 3.29. The Bertz CT molecular complexity index is 751. The van der Waals surface area contributed by atoms with E-state index in [0.717, 1.165) is 44.2 Å². The van der Waals surface area contributed by atoms with Gasteiger partial charge in [-0.05, 0) is 62.0 Å². The lowest BCUT2D eigenvalue weighted by Crippen LogP contribution is -2.17. The number of nitrogens with zero attached hydrogens (tertiary/aromatic N) is 2. The number of rotatable bonds is 4. The summed E-state index contributed by atoms with van der Waals surface area (Å²) in [5.74, 6) is 0. The van der Waals surface area contributed by atoms with Crippen LogP contribution >= 0.6 is 0 Å². The molecule has 27 heavy (non-hydrogen) atoms. The third kappa shape index (κ3) is 4.69. The quantitative estimate of drug-likeness (QED) is 0.817. The van der Waals surface area contributed by atoms with Crippen molar-refractivity contribution < 1.29 is 13.6 Å². The molecule has 1 aliphatic carbocycles. The molecule has 4 nitrogen and oxygen atoms in total. The van der Waals surface area contributed by atoms with Crippen molar-refractivity contribution in [3.8, 4) is 0 Å². The van der Waals surface area contributed by atoms with Gasteiger partial charge in [-0.1, -0.05) is 30.3 Å². The molecule has 2 heterocycles. The van der Waals surface area contributed by atoms with Crippen molar-refractivity contribution in [3.05, 3.63) is 65.0 Å². The Hall–Kier alpha value is -2.34. The zero-order chi connectivity index (χ0) is 19.2. The molecule has 1 aromatic carbocycles. The fourth-order valence-corrected chi connectivity index (χ4v) is 3.89. The second-order valence-electron chi connectivity index (χ2n) is 7.03. The summed E-state index contributed by atoms with van der Waals surface area (Å²) in [4.78, 5) is 16.3. The number of aromatic nitrogens is 1. The average molecular weight is 373 g/mol. The highest BCUT2D eigenvalue weighted by atomic mass is 19.3. The lowest BCUT2D eigenvalue weighted by Gasteiger charge is -2.19. The first-order chi connectivity index (χ1) is 13.1. The van der Waals surface area contributed by atoms with Crippen LogP contribution in [0.3, 0.4) is 0 Å². The maximum Gasteiger partial charge on any atom is 0.280 e. The summed E-state index contributed by atoms with van der Waals surface area (Å²) >= 11 is 0. The van der Waals surface area contributed by atoms with Crippen molar-refractivity contribution in [2.24, 2.45) is 0 Å². The number of carbonyl (C=O) groups excluding carboxylic acids is 1. The van der Waals surface area contributed by atoms with E-state index in [1.807, 2.05) is 12.1 Å². The molecule has 0 spiro atoms. The molecule has 2 aliphatic rings. The predicted octanol–water partition coefficient (Wildman–Crippen LogP) is 4.21. The number of benzene rings is 1. The van der Waals surface area contributed by atoms with Crippen molar-refractivity contribution in [1.29, 1.82) is 0 Å². The van der Waals surface area contributed by atoms with Crippen LogP contribution in [-0.4, -0.2) is 29.9 Å². The Labute approximate surface area is 158 Å². The molecular weight excluding hydrogens is 348 g/mol. The van der Waals surface area contributed by atoms with Crippen LogP contribution in [0.5, 0.6) is 0 Å². The highest BCUT2D eigenvalue weighted by molar-refractivity contribution is 5.49. The van der Waals surface area contributed by atoms with Crippen LogP contribution in [-0.2, 0) is 11.2 Å². The number of aryl methyl sites for hydroxylation is 1. The van der Waals surface area contributed by atoms with E-state index in [1.165, 1.54) is 17.2 Å². The summed E-state index contributed by atoms with van der Waals surface area (Å²) < 4.78 is 24.6. The van der Waals surface area contributed by atoms with Gasteiger partial charge in [0, 0.05) is 12.2 Å². The van der Waals surface area contributed by atoms with Gasteiger partial charge in [0.15, 0.2) is 0 Å². The van der Waals surface area contributed by atoms with Gasteiger partial charge in [-0.15, -0.1) is 0 Å². The van der Waals surface area contributed by atoms with E-state index in [0.29, 0.717) is 6.04 Å². The van der Waals surface area contributed by atoms with Gasteiger partial charge in [-0.25, -0.2) is 8.78 Å². The van der Waals surface area contributed by atoms with Crippen LogP contribution in [0.2, 0.25) is 0 Å². The van der Waals surface area contributed by atoms with Crippen molar-refractivity contribution in [2.75, 3.05) is 13.6 Å². The molecule has 1 saturated heterocycles. The first-order valence-electron chi connectivity index (χ1n) is 9.32. The van der Waals surface area contributed by atoms with Crippen molar-refractivity contribution in [1.82, 2.24) is 15.2 Å². The van der Waals surface area contributed by atoms with E-state index in [2.05, 4.69) is 34.4 Å². The van der Waals surface area contributed by atoms with Crippen LogP contribution in [0.25, 0.3) is 0 Å². The molecule has 1 aromatic heterocycles. The second kappa shape index (κ2) is 9.04. The van der Waals surface area contributed by atoms with E-state index in [1.54, 1.807) is 12.3 Å². The lowest BCUT2D eigenvalue weighted by atomic mass is 10.1. The van der Waals surface area contributed by atoms with E-state index in [9.17, 15) is 13.6 Å². The van der Waals surface area contributed by atoms with Crippen LogP contribution in [0.4, 0.5) is 8.78 Å². The molecule has 1 amide bonds. The van der Waals surface area contributed by atoms with Crippen LogP contribution in [0, 0.1) is 0 Å². The Morgan fingerprint density at radius 2 is 2.04 bits per heavy atom. The molecule has 2 unspecified atom stereocenters. The number of fused-ring (bicyclic) bond motifs is 1. The summed E-state index contributed by atoms with van der Waals surface area (Å²) in [7, 11) is 2.05. The molecule has 4 rings (SSSR count). The van der Waals surface area contributed by atoms with E-state index < -0.39 is 6.43 Å². The molecule has 0 bridgehead atoms. The molecule has 6 heteroatoms. The third-order valence-corrected chi connectivity index (χ3v) is 5.34. The second-order valence-corrected chi connectivity index (χ2v) is 7.03. The van der Waals surface area contributed by atoms with E-state index >= 15 is 0 Å². The Balaban J connectivity index is 0.000000159. The van der Waals surface area contributed by atoms with Gasteiger partial charge in [-0.2, -0.15) is 0 Å². The normalized spacial score (nSPS) is 21.5. The highest BCUT2D eigenvalue weighted by Crippen LogP contribution is 2.31. The number of hydrogen-bond acceptors (Lipinski definition) is 3. The number of amides is 1. The van der Waals surface area contributed by atoms with Crippen molar-refractivity contribution in [3.63, 3.8) is 0 Å². The predicted molar refractivity (Wildman–Crippen MR) is 101 cm³/mol. The number of nitrogens with one attached hydrogen (secondary N) is 1. The van der Waals surface area contributed by atoms with Gasteiger partial charge in [0.1, 0.15) is 5.69 Å². The number of pyridine rings is 1. The molecular formula is C21H25F2N3O. The van der Waals surface area contributed by atoms with Crippen LogP contribution in [0.15, 0.2) is 42.6 Å². The number of halogens is 2. The van der Waals surface area contributed by atoms with Crippen LogP contribution in [0.1, 0.15) is 60.2 Å². The number of hydrogen-bond donors (Lipinski definition) is 1. The van der Waals surface area contributed by atoms with Gasteiger partial charge in [-0.3, -0.25) is 14.7 Å². The molecule has 0 radical (unpaired) electrons. The molecule has 144 valence electrons. The van der Waals surface area contributed by atoms with Gasteiger partial charge in [0.05, 0.1) is 6.04 Å². The van der Waals surface area contributed by atoms with Gasteiger partial charge >= 0.3 is 0 Å². The minimum absolute atomic E-state index is 0.139. The summed E-state index contributed by atoms with van der Waals surface area (Å²) in [5, 5.41) is 2.82. The maximum atomic E-state index is 12.3. The maximum absolute atomic E-state index is 12.3. The molecule has 1 N–H and O–H groups in total.